The predicted molar refractivity (Wildman–Crippen MR) is 140 cm³/mol. The Hall–Kier alpha value is -2.97. The second kappa shape index (κ2) is 9.95. The summed E-state index contributed by atoms with van der Waals surface area (Å²) in [4.78, 5) is 34.6. The highest BCUT2D eigenvalue weighted by Crippen LogP contribution is 2.35. The number of hydrogen-bond donors (Lipinski definition) is 1. The average Bonchev–Trinajstić information content (AvgIpc) is 3.43. The van der Waals surface area contributed by atoms with Crippen molar-refractivity contribution in [1.29, 1.82) is 0 Å². The summed E-state index contributed by atoms with van der Waals surface area (Å²) in [7, 11) is 1.59. The van der Waals surface area contributed by atoms with Gasteiger partial charge in [-0.1, -0.05) is 30.4 Å². The number of amides is 2. The van der Waals surface area contributed by atoms with Gasteiger partial charge in [-0.05, 0) is 74.2 Å². The fraction of sp³-hybridized carbons (Fsp3) is 0.444. The smallest absolute Gasteiger partial charge is 0.231 e. The lowest BCUT2D eigenvalue weighted by Gasteiger charge is -2.30. The van der Waals surface area contributed by atoms with E-state index in [1.165, 1.54) is 29.7 Å². The normalized spacial score (nSPS) is 19.5. The van der Waals surface area contributed by atoms with Gasteiger partial charge in [-0.15, -0.1) is 0 Å². The zero-order valence-electron chi connectivity index (χ0n) is 20.5. The number of benzene rings is 2. The van der Waals surface area contributed by atoms with Gasteiger partial charge in [0.05, 0.1) is 28.9 Å². The van der Waals surface area contributed by atoms with Crippen LogP contribution in [0.4, 0.5) is 10.8 Å². The molecule has 0 spiro atoms. The molecule has 0 radical (unpaired) electrons. The maximum absolute atomic E-state index is 13.0. The standard InChI is InChI=1S/C27H32N4O3S/c1-17-8-10-30(11-9-17)15-19-5-6-21-24(13-19)35-27(28-21)29-26(33)20-14-25(32)31(16-20)22-12-18(2)4-7-23(22)34-3/h4-7,12-13,17,20H,8-11,14-16H2,1-3H3,(H,28,29,33). The first-order valence-corrected chi connectivity index (χ1v) is 13.1. The number of aromatic nitrogens is 1. The first-order valence-electron chi connectivity index (χ1n) is 12.3. The number of aryl methyl sites for hydroxylation is 1. The van der Waals surface area contributed by atoms with E-state index in [1.54, 1.807) is 12.0 Å². The van der Waals surface area contributed by atoms with Gasteiger partial charge >= 0.3 is 0 Å². The third-order valence-electron chi connectivity index (χ3n) is 7.09. The van der Waals surface area contributed by atoms with Gasteiger partial charge in [0.25, 0.3) is 0 Å². The van der Waals surface area contributed by atoms with Gasteiger partial charge in [-0.3, -0.25) is 14.5 Å². The highest BCUT2D eigenvalue weighted by molar-refractivity contribution is 7.22. The maximum Gasteiger partial charge on any atom is 0.231 e. The molecule has 2 fully saturated rings. The SMILES string of the molecule is COc1ccc(C)cc1N1CC(C(=O)Nc2nc3ccc(CN4CCC(C)CC4)cc3s2)CC1=O. The third-order valence-corrected chi connectivity index (χ3v) is 8.02. The number of nitrogens with zero attached hydrogens (tertiary/aromatic N) is 3. The molecular formula is C27H32N4O3S. The number of thiazole rings is 1. The maximum atomic E-state index is 13.0. The van der Waals surface area contributed by atoms with E-state index in [-0.39, 0.29) is 18.2 Å². The van der Waals surface area contributed by atoms with E-state index in [0.717, 1.165) is 41.3 Å². The lowest BCUT2D eigenvalue weighted by molar-refractivity contribution is -0.122. The largest absolute Gasteiger partial charge is 0.495 e. The molecule has 3 aromatic rings. The quantitative estimate of drug-likeness (QED) is 0.533. The molecule has 35 heavy (non-hydrogen) atoms. The minimum absolute atomic E-state index is 0.0740. The van der Waals surface area contributed by atoms with Crippen molar-refractivity contribution in [3.05, 3.63) is 47.5 Å². The van der Waals surface area contributed by atoms with E-state index in [2.05, 4.69) is 34.3 Å². The number of piperidine rings is 1. The molecular weight excluding hydrogens is 460 g/mol. The molecule has 1 N–H and O–H groups in total. The molecule has 0 bridgehead atoms. The molecule has 0 saturated carbocycles. The number of anilines is 2. The summed E-state index contributed by atoms with van der Waals surface area (Å²) in [5.41, 5.74) is 3.90. The molecule has 2 saturated heterocycles. The minimum Gasteiger partial charge on any atom is -0.495 e. The molecule has 184 valence electrons. The Morgan fingerprint density at radius 3 is 2.77 bits per heavy atom. The molecule has 1 atom stereocenters. The first kappa shape index (κ1) is 23.8. The van der Waals surface area contributed by atoms with E-state index in [9.17, 15) is 9.59 Å². The van der Waals surface area contributed by atoms with Crippen LogP contribution in [0, 0.1) is 18.8 Å². The summed E-state index contributed by atoms with van der Waals surface area (Å²) in [6, 6.07) is 12.1. The number of carbonyl (C=O) groups is 2. The molecule has 3 heterocycles. The van der Waals surface area contributed by atoms with Crippen molar-refractivity contribution in [2.45, 2.75) is 39.7 Å². The van der Waals surface area contributed by atoms with Crippen molar-refractivity contribution in [2.75, 3.05) is 37.0 Å². The van der Waals surface area contributed by atoms with Gasteiger partial charge in [0.15, 0.2) is 5.13 Å². The van der Waals surface area contributed by atoms with E-state index >= 15 is 0 Å². The molecule has 7 nitrogen and oxygen atoms in total. The number of fused-ring (bicyclic) bond motifs is 1. The molecule has 2 aromatic carbocycles. The molecule has 2 aliphatic heterocycles. The summed E-state index contributed by atoms with van der Waals surface area (Å²) < 4.78 is 6.51. The number of ether oxygens (including phenoxy) is 1. The Morgan fingerprint density at radius 1 is 1.20 bits per heavy atom. The summed E-state index contributed by atoms with van der Waals surface area (Å²) in [6.07, 6.45) is 2.69. The monoisotopic (exact) mass is 492 g/mol. The van der Waals surface area contributed by atoms with Crippen molar-refractivity contribution in [3.8, 4) is 5.75 Å². The Bertz CT molecular complexity index is 1250. The number of carbonyl (C=O) groups excluding carboxylic acids is 2. The van der Waals surface area contributed by atoms with Crippen LogP contribution >= 0.6 is 11.3 Å². The predicted octanol–water partition coefficient (Wildman–Crippen LogP) is 4.84. The number of rotatable bonds is 6. The second-order valence-electron chi connectivity index (χ2n) is 9.85. The zero-order chi connectivity index (χ0) is 24.5. The molecule has 1 unspecified atom stereocenters. The van der Waals surface area contributed by atoms with E-state index < -0.39 is 5.92 Å². The first-order chi connectivity index (χ1) is 16.9. The molecule has 1 aromatic heterocycles. The Labute approximate surface area is 210 Å². The number of methoxy groups -OCH3 is 1. The Kier molecular flexibility index (Phi) is 6.75. The van der Waals surface area contributed by atoms with Gasteiger partial charge in [0.1, 0.15) is 5.75 Å². The molecule has 5 rings (SSSR count). The number of hydrogen-bond acceptors (Lipinski definition) is 6. The van der Waals surface area contributed by atoms with Crippen molar-refractivity contribution < 1.29 is 14.3 Å². The summed E-state index contributed by atoms with van der Waals surface area (Å²) in [6.45, 7) is 7.87. The lowest BCUT2D eigenvalue weighted by Crippen LogP contribution is -2.32. The number of likely N-dealkylation sites (tertiary alicyclic amines) is 1. The van der Waals surface area contributed by atoms with Gasteiger partial charge < -0.3 is 15.0 Å². The Balaban J connectivity index is 1.25. The van der Waals surface area contributed by atoms with Crippen molar-refractivity contribution in [1.82, 2.24) is 9.88 Å². The fourth-order valence-electron chi connectivity index (χ4n) is 4.93. The van der Waals surface area contributed by atoms with Gasteiger partial charge in [0, 0.05) is 19.5 Å². The van der Waals surface area contributed by atoms with Crippen LogP contribution in [0.15, 0.2) is 36.4 Å². The summed E-state index contributed by atoms with van der Waals surface area (Å²) >= 11 is 1.49. The van der Waals surface area contributed by atoms with E-state index in [4.69, 9.17) is 4.74 Å². The zero-order valence-corrected chi connectivity index (χ0v) is 21.4. The molecule has 2 aliphatic rings. The van der Waals surface area contributed by atoms with Crippen LogP contribution in [0.2, 0.25) is 0 Å². The second-order valence-corrected chi connectivity index (χ2v) is 10.9. The lowest BCUT2D eigenvalue weighted by atomic mass is 9.99. The third kappa shape index (κ3) is 5.18. The Morgan fingerprint density at radius 2 is 2.00 bits per heavy atom. The number of nitrogens with one attached hydrogen (secondary N) is 1. The van der Waals surface area contributed by atoms with Crippen LogP contribution in [0.3, 0.4) is 0 Å². The highest BCUT2D eigenvalue weighted by atomic mass is 32.1. The molecule has 2 amide bonds. The van der Waals surface area contributed by atoms with Crippen molar-refractivity contribution >= 4 is 44.2 Å². The van der Waals surface area contributed by atoms with Crippen LogP contribution in [0.1, 0.15) is 37.3 Å². The fourth-order valence-corrected chi connectivity index (χ4v) is 5.87. The van der Waals surface area contributed by atoms with Crippen molar-refractivity contribution in [2.24, 2.45) is 11.8 Å². The minimum atomic E-state index is -0.434. The van der Waals surface area contributed by atoms with Gasteiger partial charge in [0.2, 0.25) is 11.8 Å². The van der Waals surface area contributed by atoms with Crippen molar-refractivity contribution in [3.63, 3.8) is 0 Å². The summed E-state index contributed by atoms with van der Waals surface area (Å²) in [5, 5.41) is 3.54. The molecule has 0 aliphatic carbocycles. The van der Waals surface area contributed by atoms with Crippen LogP contribution in [0.25, 0.3) is 10.2 Å². The van der Waals surface area contributed by atoms with Crippen LogP contribution in [-0.2, 0) is 16.1 Å². The highest BCUT2D eigenvalue weighted by Gasteiger charge is 2.36. The van der Waals surface area contributed by atoms with Crippen LogP contribution in [-0.4, -0.2) is 48.4 Å². The summed E-state index contributed by atoms with van der Waals surface area (Å²) in [5.74, 6) is 0.773. The topological polar surface area (TPSA) is 74.8 Å². The van der Waals surface area contributed by atoms with E-state index in [0.29, 0.717) is 23.1 Å². The average molecular weight is 493 g/mol. The van der Waals surface area contributed by atoms with Gasteiger partial charge in [-0.25, -0.2) is 4.98 Å². The van der Waals surface area contributed by atoms with Crippen LogP contribution in [0.5, 0.6) is 5.75 Å². The van der Waals surface area contributed by atoms with E-state index in [1.807, 2.05) is 31.2 Å². The van der Waals surface area contributed by atoms with Crippen LogP contribution < -0.4 is 15.0 Å². The molecule has 8 heteroatoms. The van der Waals surface area contributed by atoms with Gasteiger partial charge in [-0.2, -0.15) is 0 Å².